The van der Waals surface area contributed by atoms with Gasteiger partial charge in [0.15, 0.2) is 23.3 Å². The van der Waals surface area contributed by atoms with Crippen LogP contribution in [0, 0.1) is 37.1 Å². The topological polar surface area (TPSA) is 70.0 Å². The molecule has 0 unspecified atom stereocenters. The Balaban J connectivity index is 1.06. The average Bonchev–Trinajstić information content (AvgIpc) is 3.94. The Hall–Kier alpha value is -3.80. The molecule has 2 aliphatic rings. The lowest BCUT2D eigenvalue weighted by molar-refractivity contribution is 0.107. The van der Waals surface area contributed by atoms with Crippen molar-refractivity contribution in [1.82, 2.24) is 17.5 Å². The van der Waals surface area contributed by atoms with Gasteiger partial charge in [-0.1, -0.05) is 0 Å². The van der Waals surface area contributed by atoms with Gasteiger partial charge in [-0.3, -0.25) is 0 Å². The Labute approximate surface area is 324 Å². The highest BCUT2D eigenvalue weighted by Gasteiger charge is 2.39. The largest absolute Gasteiger partial charge is 0.482 e. The molecule has 0 radical (unpaired) electrons. The number of rotatable bonds is 4. The lowest BCUT2D eigenvalue weighted by atomic mass is 9.94. The molecule has 268 valence electrons. The van der Waals surface area contributed by atoms with Gasteiger partial charge in [-0.25, -0.2) is 17.6 Å². The Morgan fingerprint density at radius 3 is 1.70 bits per heavy atom. The minimum Gasteiger partial charge on any atom is -0.482 e. The number of hydrogen-bond donors (Lipinski definition) is 0. The number of nitrogens with zero attached hydrogens (tertiary/aromatic N) is 4. The molecule has 0 bridgehead atoms. The summed E-state index contributed by atoms with van der Waals surface area (Å²) in [7, 11) is 0. The zero-order valence-corrected chi connectivity index (χ0v) is 33.5. The first-order valence-corrected chi connectivity index (χ1v) is 21.1. The summed E-state index contributed by atoms with van der Waals surface area (Å²) >= 11 is 7.54. The van der Waals surface area contributed by atoms with E-state index in [0.29, 0.717) is 43.3 Å². The monoisotopic (exact) mass is 824 g/mol. The minimum atomic E-state index is -0.986. The molecule has 0 N–H and O–H groups in total. The summed E-state index contributed by atoms with van der Waals surface area (Å²) in [6.45, 7) is 11.4. The van der Waals surface area contributed by atoms with Crippen LogP contribution in [0.2, 0.25) is 0 Å². The molecule has 8 aromatic rings. The molecule has 0 aliphatic carbocycles. The summed E-state index contributed by atoms with van der Waals surface area (Å²) in [5.74, 6) is -2.74. The van der Waals surface area contributed by atoms with Crippen molar-refractivity contribution in [1.29, 1.82) is 0 Å². The molecule has 10 rings (SSSR count). The predicted octanol–water partition coefficient (Wildman–Crippen LogP) is 12.6. The van der Waals surface area contributed by atoms with Crippen molar-refractivity contribution < 1.29 is 27.0 Å². The van der Waals surface area contributed by atoms with Crippen LogP contribution in [-0.2, 0) is 17.6 Å². The van der Waals surface area contributed by atoms with Gasteiger partial charge in [0.05, 0.1) is 54.1 Å². The average molecular weight is 825 g/mol. The zero-order chi connectivity index (χ0) is 36.9. The van der Waals surface area contributed by atoms with Crippen molar-refractivity contribution in [3.05, 3.63) is 79.5 Å². The third-order valence-electron chi connectivity index (χ3n) is 9.83. The second-order valence-corrected chi connectivity index (χ2v) is 19.7. The van der Waals surface area contributed by atoms with Gasteiger partial charge < -0.3 is 9.47 Å². The highest BCUT2D eigenvalue weighted by Crippen LogP contribution is 2.57. The van der Waals surface area contributed by atoms with Gasteiger partial charge in [0.25, 0.3) is 0 Å². The lowest BCUT2D eigenvalue weighted by Gasteiger charge is -2.31. The van der Waals surface area contributed by atoms with Crippen molar-refractivity contribution in [2.45, 2.75) is 59.2 Å². The van der Waals surface area contributed by atoms with Crippen molar-refractivity contribution in [3.63, 3.8) is 0 Å². The fraction of sp³-hybridized carbons (Fsp3) is 0.243. The summed E-state index contributed by atoms with van der Waals surface area (Å²) in [4.78, 5) is 6.45. The maximum Gasteiger partial charge on any atom is 0.170 e. The van der Waals surface area contributed by atoms with E-state index in [1.807, 2.05) is 40.7 Å². The van der Waals surface area contributed by atoms with Gasteiger partial charge in [-0.15, -0.1) is 45.3 Å². The maximum atomic E-state index is 16.4. The summed E-state index contributed by atoms with van der Waals surface area (Å²) < 4.78 is 93.6. The van der Waals surface area contributed by atoms with Gasteiger partial charge in [-0.2, -0.15) is 17.5 Å². The Bertz CT molecular complexity index is 2870. The van der Waals surface area contributed by atoms with E-state index in [-0.39, 0.29) is 28.7 Å². The summed E-state index contributed by atoms with van der Waals surface area (Å²) in [5, 5.41) is 0. The molecule has 6 aromatic heterocycles. The molecule has 8 heterocycles. The first-order valence-electron chi connectivity index (χ1n) is 16.3. The molecule has 2 aliphatic heterocycles. The third-order valence-corrected chi connectivity index (χ3v) is 15.7. The van der Waals surface area contributed by atoms with E-state index in [0.717, 1.165) is 63.8 Å². The van der Waals surface area contributed by atoms with E-state index < -0.39 is 34.5 Å². The van der Waals surface area contributed by atoms with Gasteiger partial charge in [-0.05, 0) is 65.8 Å². The highest BCUT2D eigenvalue weighted by atomic mass is 32.1. The molecule has 0 saturated carbocycles. The summed E-state index contributed by atoms with van der Waals surface area (Å²) in [6.07, 6.45) is 0.0608. The second-order valence-electron chi connectivity index (χ2n) is 14.1. The van der Waals surface area contributed by atoms with Crippen LogP contribution in [0.15, 0.2) is 24.3 Å². The van der Waals surface area contributed by atoms with E-state index >= 15 is 17.6 Å². The Kier molecular flexibility index (Phi) is 7.24. The number of hydrogen-bond acceptors (Lipinski definition) is 12. The highest BCUT2D eigenvalue weighted by molar-refractivity contribution is 7.25. The number of thiophene rings is 4. The van der Waals surface area contributed by atoms with Crippen LogP contribution in [0.3, 0.4) is 0 Å². The van der Waals surface area contributed by atoms with E-state index in [2.05, 4.69) is 23.6 Å². The second kappa shape index (κ2) is 11.4. The number of benzene rings is 2. The van der Waals surface area contributed by atoms with E-state index in [4.69, 9.17) is 9.47 Å². The van der Waals surface area contributed by atoms with Gasteiger partial charge in [0.1, 0.15) is 44.8 Å². The van der Waals surface area contributed by atoms with E-state index in [9.17, 15) is 0 Å². The van der Waals surface area contributed by atoms with Crippen molar-refractivity contribution >= 4 is 90.9 Å². The molecule has 16 heteroatoms. The molecular weight excluding hydrogens is 801 g/mol. The van der Waals surface area contributed by atoms with Gasteiger partial charge in [0, 0.05) is 48.2 Å². The molecule has 6 nitrogen and oxygen atoms in total. The standard InChI is InChI=1S/C37H24F4N4O2S6/c1-12-7-16-32(48-12)34-18(46-36(16,3)4)10-21(50-34)23-27(41)25(39)15(29-31(23)45-53-43-29)8-14-9-17-33(49-14)35-19(47-37(17,5)6)11-20(51-35)22-26(40)24(38)13(2)28-30(22)44-52-42-28/h7,9-11H,8H2,1-6H3. The molecule has 0 spiro atoms. The zero-order valence-electron chi connectivity index (χ0n) is 28.6. The quantitative estimate of drug-likeness (QED) is 0.165. The van der Waals surface area contributed by atoms with Crippen LogP contribution >= 0.6 is 68.8 Å². The normalized spacial score (nSPS) is 15.3. The number of fused-ring (bicyclic) bond motifs is 8. The van der Waals surface area contributed by atoms with Crippen molar-refractivity contribution in [2.75, 3.05) is 0 Å². The molecule has 2 aromatic carbocycles. The molecule has 53 heavy (non-hydrogen) atoms. The first kappa shape index (κ1) is 33.7. The van der Waals surface area contributed by atoms with Crippen LogP contribution in [0.25, 0.3) is 62.5 Å². The first-order chi connectivity index (χ1) is 25.2. The predicted molar refractivity (Wildman–Crippen MR) is 208 cm³/mol. The third kappa shape index (κ3) is 4.81. The van der Waals surface area contributed by atoms with Crippen LogP contribution < -0.4 is 9.47 Å². The summed E-state index contributed by atoms with van der Waals surface area (Å²) in [5.41, 5.74) is 2.13. The lowest BCUT2D eigenvalue weighted by Crippen LogP contribution is -2.27. The van der Waals surface area contributed by atoms with Crippen molar-refractivity contribution in [3.8, 4) is 51.9 Å². The molecule has 0 fully saturated rings. The molecule has 0 amide bonds. The summed E-state index contributed by atoms with van der Waals surface area (Å²) in [6, 6.07) is 7.56. The van der Waals surface area contributed by atoms with Crippen LogP contribution in [0.4, 0.5) is 17.6 Å². The number of aromatic nitrogens is 4. The SMILES string of the molecule is Cc1cc2c(s1)-c1sc(-c3c(F)c(F)c(Cc4cc5c(s4)-c4sc(-c6c(F)c(F)c(C)c7nsnc67)cc4OC5(C)C)c4nsnc34)cc1OC2(C)C. The molecule has 0 saturated heterocycles. The van der Waals surface area contributed by atoms with Crippen LogP contribution in [0.5, 0.6) is 11.5 Å². The van der Waals surface area contributed by atoms with Gasteiger partial charge in [0.2, 0.25) is 0 Å². The number of aryl methyl sites for hydroxylation is 2. The minimum absolute atomic E-state index is 0.0415. The van der Waals surface area contributed by atoms with Gasteiger partial charge >= 0.3 is 0 Å². The Morgan fingerprint density at radius 2 is 1.08 bits per heavy atom. The maximum absolute atomic E-state index is 16.4. The van der Waals surface area contributed by atoms with E-state index in [1.165, 1.54) is 40.9 Å². The smallest absolute Gasteiger partial charge is 0.170 e. The fourth-order valence-corrected chi connectivity index (χ4v) is 13.5. The fourth-order valence-electron chi connectivity index (χ4n) is 7.26. The van der Waals surface area contributed by atoms with E-state index in [1.54, 1.807) is 23.5 Å². The molecule has 0 atom stereocenters. The molecular formula is C37H24F4N4O2S6. The van der Waals surface area contributed by atoms with Crippen LogP contribution in [0.1, 0.15) is 59.7 Å². The van der Waals surface area contributed by atoms with Crippen LogP contribution in [-0.4, -0.2) is 17.5 Å². The Morgan fingerprint density at radius 1 is 0.566 bits per heavy atom. The number of halogens is 4. The van der Waals surface area contributed by atoms with Crippen molar-refractivity contribution in [2.24, 2.45) is 0 Å². The number of ether oxygens (including phenoxy) is 2.